The number of nitrogens with zero attached hydrogens (tertiary/aromatic N) is 1. The van der Waals surface area contributed by atoms with Crippen LogP contribution in [0.25, 0.3) is 22.2 Å². The molecule has 0 N–H and O–H groups in total. The number of hydrogen-bond donors (Lipinski definition) is 0. The summed E-state index contributed by atoms with van der Waals surface area (Å²) in [7, 11) is 1.78. The summed E-state index contributed by atoms with van der Waals surface area (Å²) in [4.78, 5) is -0.516. The van der Waals surface area contributed by atoms with Crippen molar-refractivity contribution >= 4 is 22.7 Å². The lowest BCUT2D eigenvalue weighted by Gasteiger charge is -2.11. The van der Waals surface area contributed by atoms with Crippen LogP contribution in [0.15, 0.2) is 64.4 Å². The molecule has 1 aromatic heterocycles. The molecule has 0 unspecified atom stereocenters. The Hall–Kier alpha value is -2.80. The van der Waals surface area contributed by atoms with Crippen molar-refractivity contribution in [3.63, 3.8) is 0 Å². The molecule has 0 aliphatic carbocycles. The van der Waals surface area contributed by atoms with Crippen molar-refractivity contribution in [2.45, 2.75) is 9.79 Å². The van der Waals surface area contributed by atoms with Gasteiger partial charge in [-0.05, 0) is 11.6 Å². The number of fused-ring (bicyclic) bond motifs is 1. The van der Waals surface area contributed by atoms with E-state index in [1.807, 2.05) is 34.9 Å². The minimum Gasteiger partial charge on any atom is -0.343 e. The van der Waals surface area contributed by atoms with Crippen LogP contribution in [0.4, 0.5) is 22.0 Å². The van der Waals surface area contributed by atoms with E-state index in [9.17, 15) is 22.0 Å². The van der Waals surface area contributed by atoms with E-state index in [1.54, 1.807) is 31.3 Å². The largest absolute Gasteiger partial charge is 0.343 e. The Bertz CT molecular complexity index is 1170. The zero-order valence-corrected chi connectivity index (χ0v) is 15.3. The summed E-state index contributed by atoms with van der Waals surface area (Å²) in [5.74, 6) is -9.76. The molecule has 28 heavy (non-hydrogen) atoms. The molecule has 1 nitrogen and oxygen atoms in total. The summed E-state index contributed by atoms with van der Waals surface area (Å²) < 4.78 is 71.1. The predicted molar refractivity (Wildman–Crippen MR) is 98.7 cm³/mol. The minimum atomic E-state index is -2.17. The van der Waals surface area contributed by atoms with Gasteiger partial charge in [0, 0.05) is 22.8 Å². The molecule has 1 heterocycles. The highest BCUT2D eigenvalue weighted by Crippen LogP contribution is 2.45. The maximum Gasteiger partial charge on any atom is 0.200 e. The van der Waals surface area contributed by atoms with Crippen LogP contribution in [0, 0.1) is 29.1 Å². The van der Waals surface area contributed by atoms with Crippen LogP contribution in [0.3, 0.4) is 0 Å². The Kier molecular flexibility index (Phi) is 4.63. The van der Waals surface area contributed by atoms with Crippen molar-refractivity contribution in [2.24, 2.45) is 7.05 Å². The lowest BCUT2D eigenvalue weighted by atomic mass is 10.1. The fourth-order valence-corrected chi connectivity index (χ4v) is 4.36. The average Bonchev–Trinajstić information content (AvgIpc) is 3.01. The fraction of sp³-hybridized carbons (Fsp3) is 0.0476. The first-order chi connectivity index (χ1) is 13.4. The third-order valence-corrected chi connectivity index (χ3v) is 5.66. The zero-order chi connectivity index (χ0) is 20.0. The molecule has 0 aliphatic heterocycles. The van der Waals surface area contributed by atoms with Crippen molar-refractivity contribution in [2.75, 3.05) is 0 Å². The Labute approximate surface area is 161 Å². The summed E-state index contributed by atoms with van der Waals surface area (Å²) in [5, 5.41) is 0.651. The number of hydrogen-bond acceptors (Lipinski definition) is 1. The smallest absolute Gasteiger partial charge is 0.200 e. The van der Waals surface area contributed by atoms with E-state index in [4.69, 9.17) is 0 Å². The van der Waals surface area contributed by atoms with Crippen LogP contribution in [-0.4, -0.2) is 4.57 Å². The van der Waals surface area contributed by atoms with Gasteiger partial charge in [0.15, 0.2) is 23.3 Å². The third kappa shape index (κ3) is 2.77. The summed E-state index contributed by atoms with van der Waals surface area (Å²) in [6, 6.07) is 16.2. The van der Waals surface area contributed by atoms with E-state index in [0.717, 1.165) is 11.1 Å². The minimum absolute atomic E-state index is 0.410. The highest BCUT2D eigenvalue weighted by Gasteiger charge is 2.28. The monoisotopic (exact) mass is 405 g/mol. The van der Waals surface area contributed by atoms with Crippen molar-refractivity contribution < 1.29 is 22.0 Å². The third-order valence-electron chi connectivity index (χ3n) is 4.48. The van der Waals surface area contributed by atoms with E-state index in [-0.39, 0.29) is 0 Å². The number of halogens is 5. The van der Waals surface area contributed by atoms with Crippen molar-refractivity contribution in [1.82, 2.24) is 4.57 Å². The number of benzene rings is 3. The molecule has 0 aliphatic rings. The SMILES string of the molecule is Cn1c(-c2ccccc2)c(Sc2c(F)c(F)c(F)c(F)c2F)c2ccccc21. The van der Waals surface area contributed by atoms with Gasteiger partial charge in [-0.1, -0.05) is 60.3 Å². The second kappa shape index (κ2) is 6.98. The molecule has 0 fully saturated rings. The van der Waals surface area contributed by atoms with Crippen molar-refractivity contribution in [1.29, 1.82) is 0 Å². The normalized spacial score (nSPS) is 11.4. The van der Waals surface area contributed by atoms with Crippen molar-refractivity contribution in [3.05, 3.63) is 83.7 Å². The van der Waals surface area contributed by atoms with Crippen molar-refractivity contribution in [3.8, 4) is 11.3 Å². The molecule has 0 bridgehead atoms. The quantitative estimate of drug-likeness (QED) is 0.209. The number of para-hydroxylation sites is 1. The molecule has 0 spiro atoms. The van der Waals surface area contributed by atoms with Gasteiger partial charge >= 0.3 is 0 Å². The zero-order valence-electron chi connectivity index (χ0n) is 14.4. The predicted octanol–water partition coefficient (Wildman–Crippen LogP) is 6.69. The standard InChI is InChI=1S/C21H12F5NS/c1-27-13-10-6-5-9-12(13)20(19(27)11-7-3-2-4-8-11)28-21-17(25)15(23)14(22)16(24)18(21)26/h2-10H,1H3. The molecule has 142 valence electrons. The van der Waals surface area contributed by atoms with E-state index >= 15 is 0 Å². The molecule has 0 saturated carbocycles. The highest BCUT2D eigenvalue weighted by atomic mass is 32.2. The van der Waals surface area contributed by atoms with E-state index in [2.05, 4.69) is 0 Å². The van der Waals surface area contributed by atoms with Gasteiger partial charge in [0.1, 0.15) is 0 Å². The van der Waals surface area contributed by atoms with E-state index in [0.29, 0.717) is 27.7 Å². The number of aryl methyl sites for hydroxylation is 1. The Morgan fingerprint density at radius 2 is 1.18 bits per heavy atom. The second-order valence-corrected chi connectivity index (χ2v) is 7.14. The average molecular weight is 405 g/mol. The van der Waals surface area contributed by atoms with Gasteiger partial charge < -0.3 is 4.57 Å². The lowest BCUT2D eigenvalue weighted by Crippen LogP contribution is -2.03. The summed E-state index contributed by atoms with van der Waals surface area (Å²) >= 11 is 0.532. The van der Waals surface area contributed by atoms with Gasteiger partial charge in [0.25, 0.3) is 0 Å². The van der Waals surface area contributed by atoms with E-state index < -0.39 is 34.0 Å². The van der Waals surface area contributed by atoms with Crippen LogP contribution in [0.2, 0.25) is 0 Å². The molecule has 7 heteroatoms. The lowest BCUT2D eigenvalue weighted by molar-refractivity contribution is 0.361. The molecule has 0 radical (unpaired) electrons. The first kappa shape index (κ1) is 18.6. The van der Waals surface area contributed by atoms with Gasteiger partial charge in [-0.3, -0.25) is 0 Å². The van der Waals surface area contributed by atoms with Gasteiger partial charge in [0.05, 0.1) is 10.6 Å². The first-order valence-corrected chi connectivity index (χ1v) is 9.05. The number of aromatic nitrogens is 1. The molecular formula is C21H12F5NS. The summed E-state index contributed by atoms with van der Waals surface area (Å²) in [6.45, 7) is 0. The van der Waals surface area contributed by atoms with E-state index in [1.165, 1.54) is 0 Å². The molecule has 0 atom stereocenters. The van der Waals surface area contributed by atoms with Gasteiger partial charge in [-0.25, -0.2) is 22.0 Å². The number of rotatable bonds is 3. The van der Waals surface area contributed by atoms with Gasteiger partial charge in [-0.2, -0.15) is 0 Å². The molecule has 4 rings (SSSR count). The van der Waals surface area contributed by atoms with Crippen LogP contribution < -0.4 is 0 Å². The van der Waals surface area contributed by atoms with Gasteiger partial charge in [0.2, 0.25) is 5.82 Å². The Morgan fingerprint density at radius 1 is 0.643 bits per heavy atom. The van der Waals surface area contributed by atoms with Gasteiger partial charge in [-0.15, -0.1) is 0 Å². The van der Waals surface area contributed by atoms with Crippen LogP contribution in [-0.2, 0) is 7.05 Å². The first-order valence-electron chi connectivity index (χ1n) is 8.24. The molecule has 0 saturated heterocycles. The molecule has 0 amide bonds. The Morgan fingerprint density at radius 3 is 1.82 bits per heavy atom. The topological polar surface area (TPSA) is 4.93 Å². The molecular weight excluding hydrogens is 393 g/mol. The Balaban J connectivity index is 2.01. The van der Waals surface area contributed by atoms with Crippen LogP contribution in [0.5, 0.6) is 0 Å². The van der Waals surface area contributed by atoms with Crippen LogP contribution in [0.1, 0.15) is 0 Å². The fourth-order valence-electron chi connectivity index (χ4n) is 3.16. The molecule has 3 aromatic carbocycles. The maximum atomic E-state index is 14.3. The van der Waals surface area contributed by atoms with Crippen LogP contribution >= 0.6 is 11.8 Å². The maximum absolute atomic E-state index is 14.3. The molecule has 4 aromatic rings. The second-order valence-electron chi connectivity index (χ2n) is 6.12. The summed E-state index contributed by atoms with van der Waals surface area (Å²) in [6.07, 6.45) is 0. The highest BCUT2D eigenvalue weighted by molar-refractivity contribution is 7.99. The summed E-state index contributed by atoms with van der Waals surface area (Å²) in [5.41, 5.74) is 2.15.